The van der Waals surface area contributed by atoms with E-state index < -0.39 is 0 Å². The molecule has 106 valence electrons. The van der Waals surface area contributed by atoms with Crippen molar-refractivity contribution in [1.82, 2.24) is 5.32 Å². The highest BCUT2D eigenvalue weighted by atomic mass is 79.9. The minimum absolute atomic E-state index is 0.305. The predicted molar refractivity (Wildman–Crippen MR) is 92.9 cm³/mol. The van der Waals surface area contributed by atoms with E-state index in [4.69, 9.17) is 0 Å². The summed E-state index contributed by atoms with van der Waals surface area (Å²) in [7, 11) is 0. The Labute approximate surface area is 138 Å². The normalized spacial score (nSPS) is 14.0. The molecule has 2 aromatic carbocycles. The van der Waals surface area contributed by atoms with E-state index in [0.717, 1.165) is 15.4 Å². The highest BCUT2D eigenvalue weighted by Crippen LogP contribution is 2.27. The zero-order valence-corrected chi connectivity index (χ0v) is 14.9. The van der Waals surface area contributed by atoms with Crippen molar-refractivity contribution in [3.8, 4) is 0 Å². The minimum atomic E-state index is 0.305. The lowest BCUT2D eigenvalue weighted by atomic mass is 10.0. The van der Waals surface area contributed by atoms with Crippen LogP contribution in [-0.2, 0) is 0 Å². The van der Waals surface area contributed by atoms with E-state index in [0.29, 0.717) is 12.1 Å². The van der Waals surface area contributed by atoms with Gasteiger partial charge in [-0.1, -0.05) is 69.1 Å². The highest BCUT2D eigenvalue weighted by Gasteiger charge is 2.15. The van der Waals surface area contributed by atoms with Crippen molar-refractivity contribution in [1.29, 1.82) is 0 Å². The summed E-state index contributed by atoms with van der Waals surface area (Å²) < 4.78 is 2.28. The summed E-state index contributed by atoms with van der Waals surface area (Å²) >= 11 is 7.12. The zero-order chi connectivity index (χ0) is 14.5. The highest BCUT2D eigenvalue weighted by molar-refractivity contribution is 9.10. The molecule has 2 unspecified atom stereocenters. The Bertz CT molecular complexity index is 551. The number of hydrogen-bond acceptors (Lipinski definition) is 1. The molecule has 0 spiro atoms. The van der Waals surface area contributed by atoms with Crippen molar-refractivity contribution in [2.75, 3.05) is 0 Å². The van der Waals surface area contributed by atoms with Gasteiger partial charge in [0.2, 0.25) is 0 Å². The van der Waals surface area contributed by atoms with E-state index in [9.17, 15) is 0 Å². The molecular weight excluding hydrogens is 378 g/mol. The molecule has 0 aliphatic carbocycles. The van der Waals surface area contributed by atoms with Crippen LogP contribution in [0.5, 0.6) is 0 Å². The van der Waals surface area contributed by atoms with Crippen LogP contribution in [0.15, 0.2) is 57.5 Å². The summed E-state index contributed by atoms with van der Waals surface area (Å²) in [5.74, 6) is 0. The van der Waals surface area contributed by atoms with Crippen molar-refractivity contribution < 1.29 is 0 Å². The monoisotopic (exact) mass is 395 g/mol. The third-order valence-corrected chi connectivity index (χ3v) is 4.75. The molecule has 0 heterocycles. The first-order valence-corrected chi connectivity index (χ1v) is 8.46. The van der Waals surface area contributed by atoms with Gasteiger partial charge in [0.05, 0.1) is 0 Å². The average molecular weight is 397 g/mol. The largest absolute Gasteiger partial charge is 0.303 e. The first kappa shape index (κ1) is 15.7. The molecule has 20 heavy (non-hydrogen) atoms. The van der Waals surface area contributed by atoms with Gasteiger partial charge in [0.25, 0.3) is 0 Å². The van der Waals surface area contributed by atoms with Gasteiger partial charge in [-0.15, -0.1) is 0 Å². The predicted octanol–water partition coefficient (Wildman–Crippen LogP) is 6.01. The fourth-order valence-electron chi connectivity index (χ4n) is 2.36. The second kappa shape index (κ2) is 7.39. The second-order valence-electron chi connectivity index (χ2n) is 4.92. The fraction of sp³-hybridized carbons (Fsp3) is 0.294. The van der Waals surface area contributed by atoms with Crippen molar-refractivity contribution >= 4 is 31.9 Å². The Balaban J connectivity index is 2.14. The molecule has 2 aromatic rings. The van der Waals surface area contributed by atoms with E-state index in [1.807, 2.05) is 6.07 Å². The van der Waals surface area contributed by atoms with Crippen LogP contribution in [0.2, 0.25) is 0 Å². The fourth-order valence-corrected chi connectivity index (χ4v) is 3.26. The lowest BCUT2D eigenvalue weighted by molar-refractivity contribution is 0.455. The molecule has 0 aliphatic heterocycles. The maximum atomic E-state index is 3.71. The molecule has 3 heteroatoms. The number of rotatable bonds is 5. The Morgan fingerprint density at radius 3 is 2.25 bits per heavy atom. The van der Waals surface area contributed by atoms with Gasteiger partial charge >= 0.3 is 0 Å². The summed E-state index contributed by atoms with van der Waals surface area (Å²) in [6, 6.07) is 17.6. The van der Waals surface area contributed by atoms with Gasteiger partial charge in [-0.25, -0.2) is 0 Å². The van der Waals surface area contributed by atoms with Crippen LogP contribution < -0.4 is 5.32 Å². The molecule has 0 radical (unpaired) electrons. The van der Waals surface area contributed by atoms with Crippen molar-refractivity contribution in [3.05, 3.63) is 68.6 Å². The molecule has 0 amide bonds. The molecule has 0 aromatic heterocycles. The van der Waals surface area contributed by atoms with Crippen LogP contribution in [0, 0.1) is 0 Å². The van der Waals surface area contributed by atoms with E-state index in [1.54, 1.807) is 0 Å². The van der Waals surface area contributed by atoms with Crippen molar-refractivity contribution in [2.24, 2.45) is 0 Å². The molecule has 0 saturated heterocycles. The summed E-state index contributed by atoms with van der Waals surface area (Å²) in [5, 5.41) is 3.71. The maximum absolute atomic E-state index is 3.71. The van der Waals surface area contributed by atoms with Gasteiger partial charge in [0, 0.05) is 21.0 Å². The Morgan fingerprint density at radius 2 is 1.65 bits per heavy atom. The average Bonchev–Trinajstić information content (AvgIpc) is 2.46. The first-order valence-electron chi connectivity index (χ1n) is 6.87. The van der Waals surface area contributed by atoms with Gasteiger partial charge in [0.1, 0.15) is 0 Å². The Hall–Kier alpha value is -0.640. The second-order valence-corrected chi connectivity index (χ2v) is 6.69. The number of hydrogen-bond donors (Lipinski definition) is 1. The van der Waals surface area contributed by atoms with Crippen LogP contribution in [0.3, 0.4) is 0 Å². The van der Waals surface area contributed by atoms with Gasteiger partial charge in [-0.05, 0) is 42.7 Å². The van der Waals surface area contributed by atoms with E-state index >= 15 is 0 Å². The van der Waals surface area contributed by atoms with Gasteiger partial charge in [0.15, 0.2) is 0 Å². The third kappa shape index (κ3) is 3.94. The molecule has 0 fully saturated rings. The molecule has 0 aliphatic rings. The topological polar surface area (TPSA) is 12.0 Å². The van der Waals surface area contributed by atoms with E-state index in [1.165, 1.54) is 11.1 Å². The van der Waals surface area contributed by atoms with Crippen molar-refractivity contribution in [3.63, 3.8) is 0 Å². The van der Waals surface area contributed by atoms with Gasteiger partial charge in [-0.2, -0.15) is 0 Å². The number of benzene rings is 2. The van der Waals surface area contributed by atoms with Crippen molar-refractivity contribution in [2.45, 2.75) is 32.4 Å². The molecular formula is C17H19Br2N. The Morgan fingerprint density at radius 1 is 1.00 bits per heavy atom. The number of halogens is 2. The zero-order valence-electron chi connectivity index (χ0n) is 11.7. The lowest BCUT2D eigenvalue weighted by Gasteiger charge is -2.24. The summed E-state index contributed by atoms with van der Waals surface area (Å²) in [6.45, 7) is 4.42. The standard InChI is InChI=1S/C17H19Br2N/c1-3-17(13-8-10-14(18)11-9-13)20-12(2)15-6-4-5-7-16(15)19/h4-12,17,20H,3H2,1-2H3. The molecule has 2 rings (SSSR count). The third-order valence-electron chi connectivity index (χ3n) is 3.50. The quantitative estimate of drug-likeness (QED) is 0.651. The van der Waals surface area contributed by atoms with E-state index in [-0.39, 0.29) is 0 Å². The van der Waals surface area contributed by atoms with E-state index in [2.05, 4.69) is 93.5 Å². The number of nitrogens with one attached hydrogen (secondary N) is 1. The summed E-state index contributed by atoms with van der Waals surface area (Å²) in [6.07, 6.45) is 1.07. The van der Waals surface area contributed by atoms with Crippen LogP contribution >= 0.6 is 31.9 Å². The summed E-state index contributed by atoms with van der Waals surface area (Å²) in [4.78, 5) is 0. The molecule has 1 N–H and O–H groups in total. The van der Waals surface area contributed by atoms with Crippen LogP contribution in [0.25, 0.3) is 0 Å². The lowest BCUT2D eigenvalue weighted by Crippen LogP contribution is -2.24. The molecule has 1 nitrogen and oxygen atoms in total. The minimum Gasteiger partial charge on any atom is -0.303 e. The first-order chi connectivity index (χ1) is 9.61. The maximum Gasteiger partial charge on any atom is 0.0323 e. The van der Waals surface area contributed by atoms with Gasteiger partial charge < -0.3 is 5.32 Å². The SMILES string of the molecule is CCC(NC(C)c1ccccc1Br)c1ccc(Br)cc1. The van der Waals surface area contributed by atoms with Crippen LogP contribution in [-0.4, -0.2) is 0 Å². The summed E-state index contributed by atoms with van der Waals surface area (Å²) in [5.41, 5.74) is 2.62. The van der Waals surface area contributed by atoms with Crippen LogP contribution in [0.4, 0.5) is 0 Å². The Kier molecular flexibility index (Phi) is 5.82. The van der Waals surface area contributed by atoms with Crippen LogP contribution in [0.1, 0.15) is 43.5 Å². The molecule has 2 atom stereocenters. The smallest absolute Gasteiger partial charge is 0.0323 e. The molecule has 0 bridgehead atoms. The molecule has 0 saturated carbocycles. The van der Waals surface area contributed by atoms with Gasteiger partial charge in [-0.3, -0.25) is 0 Å².